The molecule has 0 N–H and O–H groups in total. The van der Waals surface area contributed by atoms with Gasteiger partial charge in [-0.3, -0.25) is 0 Å². The second-order valence-electron chi connectivity index (χ2n) is 8.72. The van der Waals surface area contributed by atoms with Gasteiger partial charge in [-0.05, 0) is 54.7 Å². The molecule has 7 rings (SSSR count). The van der Waals surface area contributed by atoms with E-state index in [1.807, 2.05) is 42.6 Å². The van der Waals surface area contributed by atoms with E-state index >= 15 is 0 Å². The molecule has 0 amide bonds. The largest absolute Gasteiger partial charge is 0.501 e. The number of fused-ring (bicyclic) bond motifs is 3. The summed E-state index contributed by atoms with van der Waals surface area (Å²) in [6, 6.07) is 17.4. The molecule has 2 aliphatic carbocycles. The van der Waals surface area contributed by atoms with E-state index in [4.69, 9.17) is 11.3 Å². The van der Waals surface area contributed by atoms with Crippen molar-refractivity contribution in [2.24, 2.45) is 0 Å². The predicted octanol–water partition coefficient (Wildman–Crippen LogP) is 8.34. The minimum absolute atomic E-state index is 0. The van der Waals surface area contributed by atoms with Gasteiger partial charge in [-0.25, -0.2) is 0 Å². The van der Waals surface area contributed by atoms with Crippen LogP contribution in [0.4, 0.5) is 0 Å². The first kappa shape index (κ1) is 18.8. The number of allylic oxidation sites excluding steroid dienone is 4. The van der Waals surface area contributed by atoms with E-state index in [0.717, 1.165) is 41.3 Å². The van der Waals surface area contributed by atoms with Crippen molar-refractivity contribution in [3.63, 3.8) is 0 Å². The first-order valence-electron chi connectivity index (χ1n) is 14.2. The fraction of sp³-hybridized carbons (Fsp3) is 0.156. The fourth-order valence-electron chi connectivity index (χ4n) is 4.17. The summed E-state index contributed by atoms with van der Waals surface area (Å²) >= 11 is 0. The molecule has 0 saturated heterocycles. The molecule has 0 aliphatic heterocycles. The van der Waals surface area contributed by atoms with E-state index in [2.05, 4.69) is 47.6 Å². The third-order valence-corrected chi connectivity index (χ3v) is 6.20. The van der Waals surface area contributed by atoms with Gasteiger partial charge in [0.05, 0.1) is 11.1 Å². The molecule has 3 aromatic heterocycles. The average molecular weight is 652 g/mol. The first-order chi connectivity index (χ1) is 19.2. The van der Waals surface area contributed by atoms with Crippen LogP contribution in [0.25, 0.3) is 38.8 Å². The van der Waals surface area contributed by atoms with Crippen LogP contribution in [0.2, 0.25) is 0 Å². The Hall–Kier alpha value is -3.46. The van der Waals surface area contributed by atoms with E-state index in [9.17, 15) is 0 Å². The molecule has 2 aliphatic rings. The van der Waals surface area contributed by atoms with Crippen LogP contribution in [-0.4, -0.2) is 9.97 Å². The fourth-order valence-corrected chi connectivity index (χ4v) is 4.17. The Morgan fingerprint density at radius 1 is 1.03 bits per heavy atom. The quantitative estimate of drug-likeness (QED) is 0.184. The molecular weight excluding hydrogens is 621 g/mol. The molecular formula is C32H26IrN2O-2. The Morgan fingerprint density at radius 3 is 2.69 bits per heavy atom. The molecule has 0 spiro atoms. The van der Waals surface area contributed by atoms with Gasteiger partial charge in [0.1, 0.15) is 5.58 Å². The van der Waals surface area contributed by atoms with Gasteiger partial charge in [-0.1, -0.05) is 65.4 Å². The zero-order chi connectivity index (χ0) is 28.0. The summed E-state index contributed by atoms with van der Waals surface area (Å²) < 4.78 is 45.1. The third kappa shape index (κ3) is 5.06. The number of aromatic nitrogens is 2. The maximum Gasteiger partial charge on any atom is 0.120 e. The standard InChI is InChI=1S/C17H10NO.C15H16N.Ir/c1-2-10-16-12(6-1)13-7-5-8-14(17(13)19-16)15-9-3-4-11-18-15;1-11-2-4-13(5-3-11)15-9-8-14(10-16-15)12-6-7-12;/h1-7,9-11H;2,4-5,8-10,12H,3,6-7H2,1H3;/q2*-1;/i3D,4D,9D,11D;12D;. The summed E-state index contributed by atoms with van der Waals surface area (Å²) in [5.74, 6) is -0.327. The van der Waals surface area contributed by atoms with Gasteiger partial charge in [-0.15, -0.1) is 24.3 Å². The number of pyridine rings is 2. The Labute approximate surface area is 232 Å². The molecule has 3 heterocycles. The summed E-state index contributed by atoms with van der Waals surface area (Å²) in [4.78, 5) is 8.49. The monoisotopic (exact) mass is 652 g/mol. The maximum atomic E-state index is 8.07. The third-order valence-electron chi connectivity index (χ3n) is 6.20. The number of furan rings is 1. The normalized spacial score (nSPS) is 17.5. The molecule has 0 bridgehead atoms. The zero-order valence-corrected chi connectivity index (χ0v) is 22.1. The van der Waals surface area contributed by atoms with Crippen molar-refractivity contribution in [1.29, 1.82) is 0 Å². The van der Waals surface area contributed by atoms with E-state index < -0.39 is 0 Å². The molecule has 2 aromatic carbocycles. The summed E-state index contributed by atoms with van der Waals surface area (Å²) in [7, 11) is 0. The van der Waals surface area contributed by atoms with Crippen LogP contribution in [0, 0.1) is 12.5 Å². The second kappa shape index (κ2) is 10.7. The number of nitrogens with zero attached hydrogens (tertiary/aromatic N) is 2. The topological polar surface area (TPSA) is 38.9 Å². The van der Waals surface area contributed by atoms with E-state index in [1.165, 1.54) is 11.1 Å². The average Bonchev–Trinajstić information content (AvgIpc) is 3.62. The predicted molar refractivity (Wildman–Crippen MR) is 143 cm³/mol. The van der Waals surface area contributed by atoms with Crippen LogP contribution in [0.5, 0.6) is 0 Å². The number of benzene rings is 2. The summed E-state index contributed by atoms with van der Waals surface area (Å²) in [6.07, 6.45) is 11.0. The minimum atomic E-state index is -0.351. The molecule has 3 nitrogen and oxygen atoms in total. The van der Waals surface area contributed by atoms with Crippen molar-refractivity contribution >= 4 is 27.5 Å². The van der Waals surface area contributed by atoms with Crippen LogP contribution in [0.15, 0.2) is 101 Å². The van der Waals surface area contributed by atoms with E-state index in [0.29, 0.717) is 16.7 Å². The van der Waals surface area contributed by atoms with Gasteiger partial charge in [0, 0.05) is 39.2 Å². The van der Waals surface area contributed by atoms with Crippen LogP contribution >= 0.6 is 0 Å². The maximum absolute atomic E-state index is 8.07. The summed E-state index contributed by atoms with van der Waals surface area (Å²) in [6.45, 7) is 2.14. The minimum Gasteiger partial charge on any atom is -0.501 e. The zero-order valence-electron chi connectivity index (χ0n) is 24.7. The number of hydrogen-bond acceptors (Lipinski definition) is 3. The van der Waals surface area contributed by atoms with Crippen molar-refractivity contribution < 1.29 is 31.4 Å². The molecule has 0 unspecified atom stereocenters. The van der Waals surface area contributed by atoms with Crippen LogP contribution in [-0.2, 0) is 20.1 Å². The summed E-state index contributed by atoms with van der Waals surface area (Å²) in [5, 5.41) is 1.81. The molecule has 1 saturated carbocycles. The molecule has 1 fully saturated rings. The van der Waals surface area contributed by atoms with Gasteiger partial charge in [-0.2, -0.15) is 18.1 Å². The molecule has 4 heteroatoms. The van der Waals surface area contributed by atoms with Gasteiger partial charge in [0.15, 0.2) is 0 Å². The first-order valence-corrected chi connectivity index (χ1v) is 11.7. The molecule has 5 aromatic rings. The Morgan fingerprint density at radius 2 is 1.92 bits per heavy atom. The van der Waals surface area contributed by atoms with E-state index in [-0.39, 0.29) is 56.0 Å². The Kier molecular flexibility index (Phi) is 5.55. The van der Waals surface area contributed by atoms with Gasteiger partial charge in [0.2, 0.25) is 0 Å². The summed E-state index contributed by atoms with van der Waals surface area (Å²) in [5.41, 5.74) is 6.46. The molecule has 0 atom stereocenters. The molecule has 181 valence electrons. The van der Waals surface area contributed by atoms with Crippen molar-refractivity contribution in [3.05, 3.63) is 120 Å². The SMILES string of the molecule is [2H]C1(c2ccc(C3=CC=C(C)C[CH-]3)nc2)CC1.[2H]c1nc(-c2[c-]ccc3c2oc2ccccc23)c([2H])c([2H])c1[2H].[Ir]. The van der Waals surface area contributed by atoms with Crippen molar-refractivity contribution in [1.82, 2.24) is 9.97 Å². The number of para-hydroxylation sites is 1. The van der Waals surface area contributed by atoms with E-state index in [1.54, 1.807) is 6.07 Å². The van der Waals surface area contributed by atoms with Crippen molar-refractivity contribution in [3.8, 4) is 11.3 Å². The van der Waals surface area contributed by atoms with Crippen molar-refractivity contribution in [2.75, 3.05) is 0 Å². The Bertz CT molecular complexity index is 1820. The van der Waals surface area contributed by atoms with Gasteiger partial charge in [0.25, 0.3) is 0 Å². The van der Waals surface area contributed by atoms with Crippen molar-refractivity contribution in [2.45, 2.75) is 32.1 Å². The van der Waals surface area contributed by atoms with Gasteiger partial charge < -0.3 is 14.4 Å². The Balaban J connectivity index is 0.000000168. The molecule has 1 radical (unpaired) electrons. The number of rotatable bonds is 3. The smallest absolute Gasteiger partial charge is 0.120 e. The second-order valence-corrected chi connectivity index (χ2v) is 8.72. The van der Waals surface area contributed by atoms with Gasteiger partial charge >= 0.3 is 0 Å². The van der Waals surface area contributed by atoms with Crippen LogP contribution < -0.4 is 0 Å². The number of hydrogen-bond donors (Lipinski definition) is 0. The van der Waals surface area contributed by atoms with Crippen LogP contribution in [0.1, 0.15) is 50.2 Å². The van der Waals surface area contributed by atoms with Crippen LogP contribution in [0.3, 0.4) is 0 Å². The molecule has 36 heavy (non-hydrogen) atoms.